The van der Waals surface area contributed by atoms with Crippen molar-refractivity contribution in [1.82, 2.24) is 15.5 Å². The number of carbonyl (C=O) groups is 5. The first-order valence-corrected chi connectivity index (χ1v) is 20.1. The lowest BCUT2D eigenvalue weighted by Crippen LogP contribution is -2.49. The first kappa shape index (κ1) is 43.8. The largest absolute Gasteiger partial charge is 0.346 e. The molecule has 3 rings (SSSR count). The number of hydrogen-bond acceptors (Lipinski definition) is 6. The van der Waals surface area contributed by atoms with E-state index in [1.807, 2.05) is 109 Å². The van der Waals surface area contributed by atoms with E-state index in [1.54, 1.807) is 0 Å². The van der Waals surface area contributed by atoms with Gasteiger partial charge in [0.2, 0.25) is 11.8 Å². The SMILES string of the molecule is CC(C)CC(NC(=O)[C@H](CCc1ccccc1)CC(=O)CCCCCN(C)C)C(=O)C[C@@H](Cc1ccccc1)C(=O)NC(CC(C)C)C(=O)C1(C)CC1. The number of rotatable bonds is 26. The molecule has 0 bridgehead atoms. The van der Waals surface area contributed by atoms with Crippen LogP contribution in [0.3, 0.4) is 0 Å². The van der Waals surface area contributed by atoms with Gasteiger partial charge in [-0.25, -0.2) is 0 Å². The van der Waals surface area contributed by atoms with Gasteiger partial charge in [0.05, 0.1) is 12.1 Å². The van der Waals surface area contributed by atoms with E-state index < -0.39 is 29.3 Å². The van der Waals surface area contributed by atoms with Gasteiger partial charge in [0.15, 0.2) is 11.6 Å². The molecule has 2 unspecified atom stereocenters. The van der Waals surface area contributed by atoms with Gasteiger partial charge in [0.25, 0.3) is 0 Å². The van der Waals surface area contributed by atoms with Crippen molar-refractivity contribution < 1.29 is 24.0 Å². The summed E-state index contributed by atoms with van der Waals surface area (Å²) >= 11 is 0. The molecule has 0 aromatic heterocycles. The Morgan fingerprint density at radius 3 is 1.81 bits per heavy atom. The Balaban J connectivity index is 1.78. The third-order valence-electron chi connectivity index (χ3n) is 10.5. The molecule has 2 aromatic rings. The molecule has 292 valence electrons. The summed E-state index contributed by atoms with van der Waals surface area (Å²) in [5, 5.41) is 6.14. The molecule has 4 atom stereocenters. The highest BCUT2D eigenvalue weighted by Gasteiger charge is 2.48. The second-order valence-electron chi connectivity index (χ2n) is 16.9. The van der Waals surface area contributed by atoms with Crippen molar-refractivity contribution >= 4 is 29.2 Å². The smallest absolute Gasteiger partial charge is 0.224 e. The number of carbonyl (C=O) groups excluding carboxylic acids is 5. The van der Waals surface area contributed by atoms with E-state index in [9.17, 15) is 24.0 Å². The molecule has 1 saturated carbocycles. The average molecular weight is 730 g/mol. The third-order valence-corrected chi connectivity index (χ3v) is 10.5. The van der Waals surface area contributed by atoms with Crippen LogP contribution in [0.5, 0.6) is 0 Å². The van der Waals surface area contributed by atoms with Crippen molar-refractivity contribution in [3.63, 3.8) is 0 Å². The van der Waals surface area contributed by atoms with Crippen LogP contribution >= 0.6 is 0 Å². The Bertz CT molecular complexity index is 1450. The highest BCUT2D eigenvalue weighted by Crippen LogP contribution is 2.47. The summed E-state index contributed by atoms with van der Waals surface area (Å²) in [6, 6.07) is 18.1. The number of benzene rings is 2. The van der Waals surface area contributed by atoms with Gasteiger partial charge >= 0.3 is 0 Å². The van der Waals surface area contributed by atoms with E-state index in [4.69, 9.17) is 0 Å². The first-order valence-electron chi connectivity index (χ1n) is 20.1. The Kier molecular flexibility index (Phi) is 18.1. The van der Waals surface area contributed by atoms with Gasteiger partial charge in [-0.3, -0.25) is 24.0 Å². The van der Waals surface area contributed by atoms with Crippen molar-refractivity contribution in [2.45, 2.75) is 130 Å². The van der Waals surface area contributed by atoms with E-state index in [0.29, 0.717) is 38.5 Å². The maximum atomic E-state index is 14.2. The minimum absolute atomic E-state index is 0.0685. The summed E-state index contributed by atoms with van der Waals surface area (Å²) < 4.78 is 0. The standard InChI is InChI=1S/C45H67N3O5/c1-32(2)27-39(46-43(52)36(23-22-34-17-11-8-12-18-34)30-38(49)21-15-10-16-26-48(6)7)41(50)31-37(29-35-19-13-9-14-20-35)44(53)47-40(28-33(3)4)42(51)45(5)24-25-45/h8-9,11-14,17-20,32-33,36-37,39-40H,10,15-16,21-31H2,1-7H3,(H,46,52)(H,47,53)/t36-,37-,39?,40?/m1/s1. The fourth-order valence-corrected chi connectivity index (χ4v) is 7.04. The van der Waals surface area contributed by atoms with Crippen LogP contribution in [-0.4, -0.2) is 66.8 Å². The van der Waals surface area contributed by atoms with Crippen LogP contribution in [0.1, 0.15) is 116 Å². The molecule has 1 fully saturated rings. The summed E-state index contributed by atoms with van der Waals surface area (Å²) in [6.45, 7) is 11.0. The van der Waals surface area contributed by atoms with Crippen LogP contribution in [0.4, 0.5) is 0 Å². The second-order valence-corrected chi connectivity index (χ2v) is 16.9. The fraction of sp³-hybridized carbons (Fsp3) is 0.622. The zero-order valence-corrected chi connectivity index (χ0v) is 33.6. The van der Waals surface area contributed by atoms with Gasteiger partial charge in [-0.1, -0.05) is 102 Å². The fourth-order valence-electron chi connectivity index (χ4n) is 7.04. The average Bonchev–Trinajstić information content (AvgIpc) is 3.87. The number of Topliss-reactive ketones (excluding diaryl/α,β-unsaturated/α-hetero) is 3. The summed E-state index contributed by atoms with van der Waals surface area (Å²) in [5.74, 6) is -1.64. The Morgan fingerprint density at radius 2 is 1.25 bits per heavy atom. The van der Waals surface area contributed by atoms with E-state index in [2.05, 4.69) is 15.5 Å². The van der Waals surface area contributed by atoms with Crippen LogP contribution in [-0.2, 0) is 36.8 Å². The minimum Gasteiger partial charge on any atom is -0.346 e. The van der Waals surface area contributed by atoms with Crippen molar-refractivity contribution in [3.05, 3.63) is 71.8 Å². The van der Waals surface area contributed by atoms with Crippen molar-refractivity contribution in [3.8, 4) is 0 Å². The van der Waals surface area contributed by atoms with Gasteiger partial charge < -0.3 is 15.5 Å². The molecular formula is C45H67N3O5. The van der Waals surface area contributed by atoms with E-state index in [0.717, 1.165) is 49.8 Å². The quantitative estimate of drug-likeness (QED) is 0.0967. The molecule has 53 heavy (non-hydrogen) atoms. The molecule has 8 nitrogen and oxygen atoms in total. The lowest BCUT2D eigenvalue weighted by Gasteiger charge is -2.27. The molecule has 2 amide bonds. The molecule has 8 heteroatoms. The van der Waals surface area contributed by atoms with Crippen molar-refractivity contribution in [1.29, 1.82) is 0 Å². The summed E-state index contributed by atoms with van der Waals surface area (Å²) in [6.07, 6.45) is 7.36. The number of aryl methyl sites for hydroxylation is 1. The molecule has 2 aromatic carbocycles. The van der Waals surface area contributed by atoms with Crippen molar-refractivity contribution in [2.75, 3.05) is 20.6 Å². The summed E-state index contributed by atoms with van der Waals surface area (Å²) in [4.78, 5) is 71.2. The number of nitrogens with zero attached hydrogens (tertiary/aromatic N) is 1. The molecule has 0 spiro atoms. The van der Waals surface area contributed by atoms with Crippen LogP contribution in [0, 0.1) is 29.1 Å². The number of unbranched alkanes of at least 4 members (excludes halogenated alkanes) is 2. The number of nitrogens with one attached hydrogen (secondary N) is 2. The monoisotopic (exact) mass is 730 g/mol. The van der Waals surface area contributed by atoms with Gasteiger partial charge in [0.1, 0.15) is 5.78 Å². The number of ketones is 3. The normalized spacial score (nSPS) is 15.8. The topological polar surface area (TPSA) is 113 Å². The Hall–Kier alpha value is -3.65. The highest BCUT2D eigenvalue weighted by atomic mass is 16.2. The summed E-state index contributed by atoms with van der Waals surface area (Å²) in [7, 11) is 4.08. The molecule has 0 aliphatic heterocycles. The molecule has 0 heterocycles. The first-order chi connectivity index (χ1) is 25.2. The van der Waals surface area contributed by atoms with Crippen LogP contribution < -0.4 is 10.6 Å². The molecule has 1 aliphatic carbocycles. The molecular weight excluding hydrogens is 663 g/mol. The van der Waals surface area contributed by atoms with E-state index in [1.165, 1.54) is 0 Å². The van der Waals surface area contributed by atoms with Crippen LogP contribution in [0.2, 0.25) is 0 Å². The predicted octanol–water partition coefficient (Wildman–Crippen LogP) is 7.57. The molecule has 1 aliphatic rings. The Morgan fingerprint density at radius 1 is 0.698 bits per heavy atom. The Labute approximate surface area is 319 Å². The van der Waals surface area contributed by atoms with E-state index >= 15 is 0 Å². The lowest BCUT2D eigenvalue weighted by molar-refractivity contribution is -0.135. The second kappa shape index (κ2) is 21.9. The van der Waals surface area contributed by atoms with Gasteiger partial charge in [-0.2, -0.15) is 0 Å². The maximum absolute atomic E-state index is 14.2. The predicted molar refractivity (Wildman–Crippen MR) is 213 cm³/mol. The molecule has 2 N–H and O–H groups in total. The minimum atomic E-state index is -0.799. The zero-order valence-electron chi connectivity index (χ0n) is 33.6. The summed E-state index contributed by atoms with van der Waals surface area (Å²) in [5.41, 5.74) is 1.62. The highest BCUT2D eigenvalue weighted by molar-refractivity contribution is 5.97. The number of hydrogen-bond donors (Lipinski definition) is 2. The zero-order chi connectivity index (χ0) is 39.0. The van der Waals surface area contributed by atoms with Gasteiger partial charge in [-0.05, 0) is 101 Å². The van der Waals surface area contributed by atoms with Crippen LogP contribution in [0.15, 0.2) is 60.7 Å². The van der Waals surface area contributed by atoms with Gasteiger partial charge in [0, 0.05) is 36.5 Å². The van der Waals surface area contributed by atoms with Crippen LogP contribution in [0.25, 0.3) is 0 Å². The van der Waals surface area contributed by atoms with Gasteiger partial charge in [-0.15, -0.1) is 0 Å². The van der Waals surface area contributed by atoms with Crippen molar-refractivity contribution in [2.24, 2.45) is 29.1 Å². The maximum Gasteiger partial charge on any atom is 0.224 e. The van der Waals surface area contributed by atoms with E-state index in [-0.39, 0.29) is 53.8 Å². The third kappa shape index (κ3) is 16.1. The number of amides is 2. The lowest BCUT2D eigenvalue weighted by atomic mass is 9.87. The molecule has 0 radical (unpaired) electrons. The molecule has 0 saturated heterocycles.